The van der Waals surface area contributed by atoms with Gasteiger partial charge in [-0.25, -0.2) is 14.8 Å². The van der Waals surface area contributed by atoms with Crippen molar-refractivity contribution in [2.75, 3.05) is 18.0 Å². The van der Waals surface area contributed by atoms with Crippen LogP contribution >= 0.6 is 0 Å². The summed E-state index contributed by atoms with van der Waals surface area (Å²) in [6.07, 6.45) is 3.60. The molecule has 1 fully saturated rings. The van der Waals surface area contributed by atoms with E-state index in [0.29, 0.717) is 5.92 Å². The lowest BCUT2D eigenvalue weighted by atomic mass is 9.92. The molecular weight excluding hydrogens is 292 g/mol. The fraction of sp³-hybridized carbons (Fsp3) is 0.706. The molecule has 0 spiro atoms. The van der Waals surface area contributed by atoms with Gasteiger partial charge < -0.3 is 15.0 Å². The van der Waals surface area contributed by atoms with E-state index in [9.17, 15) is 4.79 Å². The van der Waals surface area contributed by atoms with Crippen LogP contribution in [0.3, 0.4) is 0 Å². The second-order valence-corrected chi connectivity index (χ2v) is 7.28. The van der Waals surface area contributed by atoms with Crippen molar-refractivity contribution in [3.63, 3.8) is 0 Å². The van der Waals surface area contributed by atoms with E-state index in [-0.39, 0.29) is 12.1 Å². The molecule has 1 aliphatic heterocycles. The summed E-state index contributed by atoms with van der Waals surface area (Å²) >= 11 is 0. The Hall–Kier alpha value is -1.85. The first kappa shape index (κ1) is 17.5. The third-order valence-electron chi connectivity index (χ3n) is 3.97. The third kappa shape index (κ3) is 5.37. The van der Waals surface area contributed by atoms with Crippen molar-refractivity contribution in [2.45, 2.75) is 59.1 Å². The molecule has 2 atom stereocenters. The van der Waals surface area contributed by atoms with Gasteiger partial charge in [-0.3, -0.25) is 0 Å². The van der Waals surface area contributed by atoms with Crippen LogP contribution in [-0.4, -0.2) is 40.8 Å². The maximum Gasteiger partial charge on any atom is 0.407 e. The Labute approximate surface area is 138 Å². The molecular formula is C17H28N4O2. The van der Waals surface area contributed by atoms with E-state index >= 15 is 0 Å². The minimum Gasteiger partial charge on any atom is -0.444 e. The van der Waals surface area contributed by atoms with E-state index < -0.39 is 5.60 Å². The summed E-state index contributed by atoms with van der Waals surface area (Å²) in [5, 5.41) is 2.96. The molecule has 0 unspecified atom stereocenters. The lowest BCUT2D eigenvalue weighted by molar-refractivity contribution is 0.0489. The molecule has 0 aromatic carbocycles. The molecule has 0 aliphatic carbocycles. The van der Waals surface area contributed by atoms with Crippen LogP contribution in [0.2, 0.25) is 0 Å². The van der Waals surface area contributed by atoms with Crippen molar-refractivity contribution >= 4 is 12.0 Å². The van der Waals surface area contributed by atoms with Crippen molar-refractivity contribution in [3.8, 4) is 0 Å². The number of ether oxygens (including phenoxy) is 1. The second kappa shape index (κ2) is 7.15. The van der Waals surface area contributed by atoms with Gasteiger partial charge in [0.15, 0.2) is 0 Å². The molecule has 128 valence electrons. The summed E-state index contributed by atoms with van der Waals surface area (Å²) in [4.78, 5) is 23.0. The zero-order valence-corrected chi connectivity index (χ0v) is 14.8. The zero-order valence-electron chi connectivity index (χ0n) is 14.8. The van der Waals surface area contributed by atoms with E-state index in [1.165, 1.54) is 0 Å². The average molecular weight is 320 g/mol. The molecule has 1 aliphatic rings. The number of hydrogen-bond acceptors (Lipinski definition) is 5. The molecule has 2 heterocycles. The van der Waals surface area contributed by atoms with Crippen molar-refractivity contribution < 1.29 is 9.53 Å². The predicted molar refractivity (Wildman–Crippen MR) is 90.5 cm³/mol. The number of nitrogens with one attached hydrogen (secondary N) is 1. The highest BCUT2D eigenvalue weighted by molar-refractivity contribution is 5.68. The molecule has 0 radical (unpaired) electrons. The van der Waals surface area contributed by atoms with Gasteiger partial charge in [-0.05, 0) is 59.4 Å². The highest BCUT2D eigenvalue weighted by atomic mass is 16.6. The van der Waals surface area contributed by atoms with E-state index in [0.717, 1.165) is 37.6 Å². The molecule has 1 N–H and O–H groups in total. The average Bonchev–Trinajstić information content (AvgIpc) is 2.45. The Bertz CT molecular complexity index is 542. The summed E-state index contributed by atoms with van der Waals surface area (Å²) in [5.74, 6) is 1.14. The van der Waals surface area contributed by atoms with E-state index in [1.54, 1.807) is 6.20 Å². The van der Waals surface area contributed by atoms with Gasteiger partial charge in [0.2, 0.25) is 5.95 Å². The van der Waals surface area contributed by atoms with Crippen LogP contribution in [0.25, 0.3) is 0 Å². The molecule has 0 bridgehead atoms. The number of aromatic nitrogens is 2. The Morgan fingerprint density at radius 2 is 2.22 bits per heavy atom. The first-order chi connectivity index (χ1) is 10.7. The number of carbonyl (C=O) groups is 1. The van der Waals surface area contributed by atoms with Crippen molar-refractivity contribution in [1.82, 2.24) is 15.3 Å². The van der Waals surface area contributed by atoms with Crippen molar-refractivity contribution in [2.24, 2.45) is 5.92 Å². The highest BCUT2D eigenvalue weighted by Gasteiger charge is 2.28. The maximum atomic E-state index is 11.9. The standard InChI is InChI=1S/C17H28N4O2/c1-12-8-9-18-15(19-12)21-10-6-7-14(11-21)13(2)20-16(22)23-17(3,4)5/h8-9,13-14H,6-7,10-11H2,1-5H3,(H,20,22)/t13-,14+/m1/s1. The van der Waals surface area contributed by atoms with Crippen LogP contribution in [0.1, 0.15) is 46.2 Å². The Morgan fingerprint density at radius 1 is 1.48 bits per heavy atom. The van der Waals surface area contributed by atoms with Gasteiger partial charge in [0.1, 0.15) is 5.60 Å². The number of rotatable bonds is 3. The fourth-order valence-electron chi connectivity index (χ4n) is 2.80. The summed E-state index contributed by atoms with van der Waals surface area (Å²) in [7, 11) is 0. The Balaban J connectivity index is 1.94. The summed E-state index contributed by atoms with van der Waals surface area (Å²) in [5.41, 5.74) is 0.495. The lowest BCUT2D eigenvalue weighted by Gasteiger charge is -2.36. The predicted octanol–water partition coefficient (Wildman–Crippen LogP) is 2.91. The van der Waals surface area contributed by atoms with Gasteiger partial charge in [-0.15, -0.1) is 0 Å². The molecule has 1 aromatic heterocycles. The van der Waals surface area contributed by atoms with Crippen LogP contribution in [0.4, 0.5) is 10.7 Å². The highest BCUT2D eigenvalue weighted by Crippen LogP contribution is 2.23. The van der Waals surface area contributed by atoms with E-state index in [2.05, 4.69) is 20.2 Å². The largest absolute Gasteiger partial charge is 0.444 e. The Kier molecular flexibility index (Phi) is 5.44. The van der Waals surface area contributed by atoms with E-state index in [4.69, 9.17) is 4.74 Å². The smallest absolute Gasteiger partial charge is 0.407 e. The van der Waals surface area contributed by atoms with Gasteiger partial charge in [0.05, 0.1) is 0 Å². The molecule has 1 aromatic rings. The van der Waals surface area contributed by atoms with Crippen LogP contribution < -0.4 is 10.2 Å². The normalized spacial score (nSPS) is 20.0. The number of carbonyl (C=O) groups excluding carboxylic acids is 1. The number of hydrogen-bond donors (Lipinski definition) is 1. The molecule has 6 nitrogen and oxygen atoms in total. The fourth-order valence-corrected chi connectivity index (χ4v) is 2.80. The SMILES string of the molecule is Cc1ccnc(N2CCC[C@H]([C@@H](C)NC(=O)OC(C)(C)C)C2)n1. The molecule has 6 heteroatoms. The summed E-state index contributed by atoms with van der Waals surface area (Å²) < 4.78 is 5.34. The number of piperidine rings is 1. The number of aryl methyl sites for hydroxylation is 1. The van der Waals surface area contributed by atoms with Gasteiger partial charge in [-0.2, -0.15) is 0 Å². The Morgan fingerprint density at radius 3 is 2.87 bits per heavy atom. The van der Waals surface area contributed by atoms with Crippen molar-refractivity contribution in [3.05, 3.63) is 18.0 Å². The van der Waals surface area contributed by atoms with Crippen LogP contribution in [0, 0.1) is 12.8 Å². The zero-order chi connectivity index (χ0) is 17.0. The summed E-state index contributed by atoms with van der Waals surface area (Å²) in [6.45, 7) is 11.4. The monoisotopic (exact) mass is 320 g/mol. The minimum absolute atomic E-state index is 0.0532. The molecule has 0 saturated carbocycles. The first-order valence-corrected chi connectivity index (χ1v) is 8.29. The number of amides is 1. The quantitative estimate of drug-likeness (QED) is 0.927. The first-order valence-electron chi connectivity index (χ1n) is 8.29. The second-order valence-electron chi connectivity index (χ2n) is 7.28. The number of nitrogens with zero attached hydrogens (tertiary/aromatic N) is 3. The lowest BCUT2D eigenvalue weighted by Crippen LogP contribution is -2.47. The number of alkyl carbamates (subject to hydrolysis) is 1. The van der Waals surface area contributed by atoms with Gasteiger partial charge in [-0.1, -0.05) is 0 Å². The van der Waals surface area contributed by atoms with Crippen LogP contribution in [0.5, 0.6) is 0 Å². The molecule has 1 saturated heterocycles. The third-order valence-corrected chi connectivity index (χ3v) is 3.97. The van der Waals surface area contributed by atoms with Gasteiger partial charge >= 0.3 is 6.09 Å². The van der Waals surface area contributed by atoms with Crippen LogP contribution in [0.15, 0.2) is 12.3 Å². The molecule has 2 rings (SSSR count). The maximum absolute atomic E-state index is 11.9. The topological polar surface area (TPSA) is 67.4 Å². The van der Waals surface area contributed by atoms with Crippen molar-refractivity contribution in [1.29, 1.82) is 0 Å². The number of anilines is 1. The van der Waals surface area contributed by atoms with E-state index in [1.807, 2.05) is 40.7 Å². The van der Waals surface area contributed by atoms with Crippen LogP contribution in [-0.2, 0) is 4.74 Å². The van der Waals surface area contributed by atoms with Gasteiger partial charge in [0.25, 0.3) is 0 Å². The minimum atomic E-state index is -0.474. The molecule has 1 amide bonds. The molecule has 23 heavy (non-hydrogen) atoms. The van der Waals surface area contributed by atoms with Gasteiger partial charge in [0, 0.05) is 31.0 Å². The summed E-state index contributed by atoms with van der Waals surface area (Å²) in [6, 6.07) is 1.95.